The third-order valence-electron chi connectivity index (χ3n) is 4.38. The molecule has 2 aromatic rings. The van der Waals surface area contributed by atoms with Crippen molar-refractivity contribution in [2.45, 2.75) is 35.6 Å². The largest absolute Gasteiger partial charge is 0.370 e. The number of anilines is 2. The molecule has 0 saturated carbocycles. The van der Waals surface area contributed by atoms with E-state index in [1.807, 2.05) is 19.9 Å². The molecule has 1 aliphatic rings. The van der Waals surface area contributed by atoms with E-state index >= 15 is 0 Å². The monoisotopic (exact) mass is 379 g/mol. The molecule has 26 heavy (non-hydrogen) atoms. The van der Waals surface area contributed by atoms with Gasteiger partial charge in [0.05, 0.1) is 10.4 Å². The van der Waals surface area contributed by atoms with Crippen LogP contribution in [-0.2, 0) is 9.84 Å². The molecule has 1 aromatic carbocycles. The lowest BCUT2D eigenvalue weighted by Gasteiger charge is -2.33. The minimum Gasteiger partial charge on any atom is -0.370 e. The predicted octanol–water partition coefficient (Wildman–Crippen LogP) is 2.29. The average molecular weight is 379 g/mol. The number of aromatic nitrogens is 2. The normalized spacial score (nSPS) is 19.5. The number of benzene rings is 1. The molecule has 1 aromatic heterocycles. The van der Waals surface area contributed by atoms with Crippen LogP contribution in [0.1, 0.15) is 20.3 Å². The standard InChI is InChI=1S/C17H22FN5O2S/c1-11-10-17(2,7-8-19)21-16-14(15(20-3)22-23(11)16)26(24,25)13-6-4-5-12(18)9-13/h4-6,9-10,21H,7-8,19H2,1-3H3,(H,20,22). The maximum atomic E-state index is 13.6. The molecule has 1 atom stereocenters. The molecule has 4 N–H and O–H groups in total. The third kappa shape index (κ3) is 2.97. The van der Waals surface area contributed by atoms with E-state index in [1.54, 1.807) is 7.05 Å². The molecule has 1 unspecified atom stereocenters. The van der Waals surface area contributed by atoms with Gasteiger partial charge in [-0.15, -0.1) is 5.10 Å². The van der Waals surface area contributed by atoms with E-state index in [0.29, 0.717) is 18.8 Å². The fourth-order valence-corrected chi connectivity index (χ4v) is 4.75. The van der Waals surface area contributed by atoms with Crippen LogP contribution < -0.4 is 16.4 Å². The van der Waals surface area contributed by atoms with Crippen LogP contribution in [0.4, 0.5) is 16.0 Å². The first-order valence-electron chi connectivity index (χ1n) is 8.21. The number of hydrogen-bond donors (Lipinski definition) is 3. The highest BCUT2D eigenvalue weighted by molar-refractivity contribution is 7.91. The molecule has 0 aliphatic carbocycles. The molecule has 0 saturated heterocycles. The second kappa shape index (κ2) is 6.40. The molecule has 7 nitrogen and oxygen atoms in total. The Balaban J connectivity index is 2.23. The highest BCUT2D eigenvalue weighted by Crippen LogP contribution is 2.40. The van der Waals surface area contributed by atoms with Crippen molar-refractivity contribution in [3.05, 3.63) is 36.2 Å². The van der Waals surface area contributed by atoms with E-state index in [2.05, 4.69) is 15.7 Å². The smallest absolute Gasteiger partial charge is 0.214 e. The summed E-state index contributed by atoms with van der Waals surface area (Å²) >= 11 is 0. The van der Waals surface area contributed by atoms with Gasteiger partial charge in [-0.25, -0.2) is 17.5 Å². The summed E-state index contributed by atoms with van der Waals surface area (Å²) < 4.78 is 41.6. The summed E-state index contributed by atoms with van der Waals surface area (Å²) in [5.41, 5.74) is 5.99. The maximum Gasteiger partial charge on any atom is 0.214 e. The molecular formula is C17H22FN5O2S. The van der Waals surface area contributed by atoms with E-state index < -0.39 is 21.2 Å². The minimum atomic E-state index is -4.00. The number of allylic oxidation sites excluding steroid dienone is 1. The van der Waals surface area contributed by atoms with E-state index in [-0.39, 0.29) is 15.6 Å². The lowest BCUT2D eigenvalue weighted by Crippen LogP contribution is -2.39. The second-order valence-electron chi connectivity index (χ2n) is 6.52. The number of hydrogen-bond acceptors (Lipinski definition) is 6. The third-order valence-corrected chi connectivity index (χ3v) is 6.18. The van der Waals surface area contributed by atoms with Crippen molar-refractivity contribution >= 4 is 27.2 Å². The van der Waals surface area contributed by atoms with Crippen LogP contribution in [-0.4, -0.2) is 37.3 Å². The molecule has 1 aliphatic heterocycles. The number of fused-ring (bicyclic) bond motifs is 1. The number of sulfone groups is 1. The van der Waals surface area contributed by atoms with E-state index in [9.17, 15) is 12.8 Å². The second-order valence-corrected chi connectivity index (χ2v) is 8.40. The summed E-state index contributed by atoms with van der Waals surface area (Å²) in [6.07, 6.45) is 2.59. The van der Waals surface area contributed by atoms with Crippen molar-refractivity contribution in [1.82, 2.24) is 9.78 Å². The first-order valence-corrected chi connectivity index (χ1v) is 9.70. The number of rotatable bonds is 5. The van der Waals surface area contributed by atoms with Gasteiger partial charge in [0.1, 0.15) is 5.82 Å². The number of nitrogens with zero attached hydrogens (tertiary/aromatic N) is 2. The fourth-order valence-electron chi connectivity index (χ4n) is 3.20. The van der Waals surface area contributed by atoms with Gasteiger partial charge < -0.3 is 16.4 Å². The van der Waals surface area contributed by atoms with Gasteiger partial charge in [0.25, 0.3) is 0 Å². The minimum absolute atomic E-state index is 0.0127. The zero-order valence-electron chi connectivity index (χ0n) is 14.9. The molecule has 0 spiro atoms. The lowest BCUT2D eigenvalue weighted by molar-refractivity contribution is 0.563. The van der Waals surface area contributed by atoms with E-state index in [0.717, 1.165) is 11.8 Å². The molecular weight excluding hydrogens is 357 g/mol. The molecule has 0 radical (unpaired) electrons. The first-order chi connectivity index (χ1) is 12.2. The highest BCUT2D eigenvalue weighted by atomic mass is 32.2. The molecule has 0 bridgehead atoms. The summed E-state index contributed by atoms with van der Waals surface area (Å²) in [5, 5.41) is 10.4. The van der Waals surface area contributed by atoms with Crippen LogP contribution >= 0.6 is 0 Å². The quantitative estimate of drug-likeness (QED) is 0.737. The number of halogens is 1. The maximum absolute atomic E-state index is 13.6. The average Bonchev–Trinajstić information content (AvgIpc) is 2.94. The van der Waals surface area contributed by atoms with Crippen molar-refractivity contribution in [3.8, 4) is 0 Å². The zero-order valence-corrected chi connectivity index (χ0v) is 15.7. The Morgan fingerprint density at radius 2 is 2.15 bits per heavy atom. The zero-order chi connectivity index (χ0) is 19.1. The summed E-state index contributed by atoms with van der Waals surface area (Å²) in [7, 11) is -2.40. The van der Waals surface area contributed by atoms with Gasteiger partial charge >= 0.3 is 0 Å². The summed E-state index contributed by atoms with van der Waals surface area (Å²) in [6.45, 7) is 4.23. The highest BCUT2D eigenvalue weighted by Gasteiger charge is 2.36. The first kappa shape index (κ1) is 18.4. The van der Waals surface area contributed by atoms with Gasteiger partial charge in [-0.1, -0.05) is 6.07 Å². The van der Waals surface area contributed by atoms with Gasteiger partial charge in [-0.3, -0.25) is 0 Å². The van der Waals surface area contributed by atoms with Gasteiger partial charge in [0.15, 0.2) is 16.5 Å². The molecule has 9 heteroatoms. The van der Waals surface area contributed by atoms with Gasteiger partial charge in [-0.05, 0) is 51.1 Å². The SMILES string of the molecule is CNc1nn2c(c1S(=O)(=O)c1cccc(F)c1)NC(C)(CCN)C=C2C. The molecule has 2 heterocycles. The topological polar surface area (TPSA) is 102 Å². The lowest BCUT2D eigenvalue weighted by atomic mass is 9.95. The van der Waals surface area contributed by atoms with Gasteiger partial charge in [0, 0.05) is 12.7 Å². The molecule has 3 rings (SSSR count). The Kier molecular flexibility index (Phi) is 4.53. The van der Waals surface area contributed by atoms with Crippen LogP contribution in [0.2, 0.25) is 0 Å². The summed E-state index contributed by atoms with van der Waals surface area (Å²) in [6, 6.07) is 4.94. The van der Waals surface area contributed by atoms with Crippen LogP contribution in [0.15, 0.2) is 40.1 Å². The Bertz CT molecular complexity index is 983. The van der Waals surface area contributed by atoms with Gasteiger partial charge in [0.2, 0.25) is 9.84 Å². The van der Waals surface area contributed by atoms with Crippen molar-refractivity contribution in [3.63, 3.8) is 0 Å². The van der Waals surface area contributed by atoms with E-state index in [1.165, 1.54) is 22.9 Å². The van der Waals surface area contributed by atoms with Crippen LogP contribution in [0.25, 0.3) is 5.70 Å². The van der Waals surface area contributed by atoms with Crippen molar-refractivity contribution in [2.24, 2.45) is 5.73 Å². The Labute approximate surface area is 152 Å². The molecule has 0 fully saturated rings. The van der Waals surface area contributed by atoms with Crippen molar-refractivity contribution in [1.29, 1.82) is 0 Å². The number of nitrogens with two attached hydrogens (primary N) is 1. The predicted molar refractivity (Wildman–Crippen MR) is 99.3 cm³/mol. The van der Waals surface area contributed by atoms with Crippen LogP contribution in [0.3, 0.4) is 0 Å². The summed E-state index contributed by atoms with van der Waals surface area (Å²) in [4.78, 5) is -0.138. The van der Waals surface area contributed by atoms with E-state index in [4.69, 9.17) is 5.73 Å². The Morgan fingerprint density at radius 3 is 2.77 bits per heavy atom. The Hall–Kier alpha value is -2.39. The summed E-state index contributed by atoms with van der Waals surface area (Å²) in [5.74, 6) is -0.0776. The fraction of sp³-hybridized carbons (Fsp3) is 0.353. The molecule has 0 amide bonds. The Morgan fingerprint density at radius 1 is 1.42 bits per heavy atom. The van der Waals surface area contributed by atoms with Crippen LogP contribution in [0.5, 0.6) is 0 Å². The van der Waals surface area contributed by atoms with Crippen molar-refractivity contribution in [2.75, 3.05) is 24.2 Å². The van der Waals surface area contributed by atoms with Crippen molar-refractivity contribution < 1.29 is 12.8 Å². The van der Waals surface area contributed by atoms with Crippen LogP contribution in [0, 0.1) is 5.82 Å². The molecule has 140 valence electrons. The van der Waals surface area contributed by atoms with Gasteiger partial charge in [-0.2, -0.15) is 0 Å². The number of nitrogens with one attached hydrogen (secondary N) is 2.